The molecule has 2 amide bonds. The summed E-state index contributed by atoms with van der Waals surface area (Å²) < 4.78 is 0. The van der Waals surface area contributed by atoms with Gasteiger partial charge in [0, 0.05) is 36.1 Å². The van der Waals surface area contributed by atoms with E-state index >= 15 is 0 Å². The van der Waals surface area contributed by atoms with Crippen molar-refractivity contribution in [2.24, 2.45) is 0 Å². The SMILES string of the molecule is O=C1CCN(C(=O)CC(O)c2cc(Cl)cc(Cl)c2)CCN1. The van der Waals surface area contributed by atoms with Gasteiger partial charge in [0.1, 0.15) is 0 Å². The lowest BCUT2D eigenvalue weighted by molar-refractivity contribution is -0.133. The Labute approximate surface area is 132 Å². The van der Waals surface area contributed by atoms with Crippen LogP contribution in [0.15, 0.2) is 18.2 Å². The van der Waals surface area contributed by atoms with E-state index in [0.29, 0.717) is 35.2 Å². The maximum absolute atomic E-state index is 12.2. The number of benzene rings is 1. The molecule has 0 radical (unpaired) electrons. The highest BCUT2D eigenvalue weighted by molar-refractivity contribution is 6.34. The fourth-order valence-electron chi connectivity index (χ4n) is 2.20. The first-order valence-electron chi connectivity index (χ1n) is 6.64. The van der Waals surface area contributed by atoms with Gasteiger partial charge in [-0.1, -0.05) is 23.2 Å². The van der Waals surface area contributed by atoms with E-state index in [2.05, 4.69) is 5.32 Å². The molecule has 1 atom stereocenters. The van der Waals surface area contributed by atoms with Gasteiger partial charge in [0.15, 0.2) is 0 Å². The predicted molar refractivity (Wildman–Crippen MR) is 80.2 cm³/mol. The zero-order chi connectivity index (χ0) is 15.4. The van der Waals surface area contributed by atoms with Crippen molar-refractivity contribution in [3.8, 4) is 0 Å². The molecule has 0 spiro atoms. The topological polar surface area (TPSA) is 69.6 Å². The quantitative estimate of drug-likeness (QED) is 0.887. The average molecular weight is 331 g/mol. The second-order valence-electron chi connectivity index (χ2n) is 4.90. The molecule has 1 aromatic rings. The molecular formula is C14H16Cl2N2O3. The maximum Gasteiger partial charge on any atom is 0.225 e. The number of aliphatic hydroxyl groups is 1. The molecular weight excluding hydrogens is 315 g/mol. The third-order valence-electron chi connectivity index (χ3n) is 3.30. The van der Waals surface area contributed by atoms with Gasteiger partial charge in [-0.15, -0.1) is 0 Å². The van der Waals surface area contributed by atoms with Crippen LogP contribution in [0.3, 0.4) is 0 Å². The molecule has 2 N–H and O–H groups in total. The Balaban J connectivity index is 1.99. The first kappa shape index (κ1) is 16.1. The van der Waals surface area contributed by atoms with Crippen molar-refractivity contribution in [1.82, 2.24) is 10.2 Å². The standard InChI is InChI=1S/C14H16Cl2N2O3/c15-10-5-9(6-11(16)7-10)12(19)8-14(21)18-3-1-13(20)17-2-4-18/h5-7,12,19H,1-4,8H2,(H,17,20). The van der Waals surface area contributed by atoms with Crippen LogP contribution in [0, 0.1) is 0 Å². The van der Waals surface area contributed by atoms with Crippen molar-refractivity contribution in [3.63, 3.8) is 0 Å². The molecule has 5 nitrogen and oxygen atoms in total. The first-order chi connectivity index (χ1) is 9.95. The van der Waals surface area contributed by atoms with Crippen LogP contribution in [0.1, 0.15) is 24.5 Å². The Morgan fingerprint density at radius 1 is 1.29 bits per heavy atom. The second-order valence-corrected chi connectivity index (χ2v) is 5.78. The number of hydrogen-bond donors (Lipinski definition) is 2. The summed E-state index contributed by atoms with van der Waals surface area (Å²) in [6.07, 6.45) is -0.754. The van der Waals surface area contributed by atoms with Gasteiger partial charge < -0.3 is 15.3 Å². The normalized spacial score (nSPS) is 17.1. The van der Waals surface area contributed by atoms with Gasteiger partial charge in [0.05, 0.1) is 12.5 Å². The fraction of sp³-hybridized carbons (Fsp3) is 0.429. The van der Waals surface area contributed by atoms with Crippen LogP contribution < -0.4 is 5.32 Å². The van der Waals surface area contributed by atoms with E-state index in [1.807, 2.05) is 0 Å². The Morgan fingerprint density at radius 2 is 1.95 bits per heavy atom. The molecule has 1 fully saturated rings. The van der Waals surface area contributed by atoms with Crippen molar-refractivity contribution in [2.75, 3.05) is 19.6 Å². The van der Waals surface area contributed by atoms with Crippen LogP contribution in [0.5, 0.6) is 0 Å². The van der Waals surface area contributed by atoms with Crippen LogP contribution in [0.4, 0.5) is 0 Å². The largest absolute Gasteiger partial charge is 0.388 e. The summed E-state index contributed by atoms with van der Waals surface area (Å²) in [5.41, 5.74) is 0.505. The minimum absolute atomic E-state index is 0.0625. The smallest absolute Gasteiger partial charge is 0.225 e. The van der Waals surface area contributed by atoms with E-state index in [1.165, 1.54) is 0 Å². The molecule has 1 aliphatic heterocycles. The van der Waals surface area contributed by atoms with Gasteiger partial charge in [-0.05, 0) is 23.8 Å². The van der Waals surface area contributed by atoms with E-state index in [1.54, 1.807) is 23.1 Å². The summed E-state index contributed by atoms with van der Waals surface area (Å²) in [4.78, 5) is 25.0. The minimum Gasteiger partial charge on any atom is -0.388 e. The summed E-state index contributed by atoms with van der Waals surface area (Å²) in [5.74, 6) is -0.262. The van der Waals surface area contributed by atoms with Crippen molar-refractivity contribution in [2.45, 2.75) is 18.9 Å². The molecule has 0 aliphatic carbocycles. The van der Waals surface area contributed by atoms with E-state index in [9.17, 15) is 14.7 Å². The lowest BCUT2D eigenvalue weighted by atomic mass is 10.1. The molecule has 1 saturated heterocycles. The highest BCUT2D eigenvalue weighted by Gasteiger charge is 2.22. The molecule has 1 heterocycles. The second kappa shape index (κ2) is 7.11. The van der Waals surface area contributed by atoms with Crippen LogP contribution in [0.25, 0.3) is 0 Å². The van der Waals surface area contributed by atoms with Crippen molar-refractivity contribution in [1.29, 1.82) is 0 Å². The summed E-state index contributed by atoms with van der Waals surface area (Å²) in [6, 6.07) is 4.73. The molecule has 1 aromatic carbocycles. The Morgan fingerprint density at radius 3 is 2.62 bits per heavy atom. The van der Waals surface area contributed by atoms with Gasteiger partial charge in [0.2, 0.25) is 11.8 Å². The highest BCUT2D eigenvalue weighted by atomic mass is 35.5. The Hall–Kier alpha value is -1.30. The van der Waals surface area contributed by atoms with Crippen LogP contribution in [-0.4, -0.2) is 41.5 Å². The number of rotatable bonds is 3. The monoisotopic (exact) mass is 330 g/mol. The summed E-state index contributed by atoms with van der Waals surface area (Å²) in [7, 11) is 0. The van der Waals surface area contributed by atoms with Gasteiger partial charge in [0.25, 0.3) is 0 Å². The number of carbonyl (C=O) groups excluding carboxylic acids is 2. The molecule has 2 rings (SSSR count). The number of carbonyl (C=O) groups is 2. The molecule has 0 aromatic heterocycles. The fourth-order valence-corrected chi connectivity index (χ4v) is 2.74. The van der Waals surface area contributed by atoms with Crippen LogP contribution in [0.2, 0.25) is 10.0 Å². The molecule has 1 aliphatic rings. The van der Waals surface area contributed by atoms with Gasteiger partial charge in [-0.25, -0.2) is 0 Å². The molecule has 0 bridgehead atoms. The number of halogens is 2. The Kier molecular flexibility index (Phi) is 5.45. The number of amides is 2. The highest BCUT2D eigenvalue weighted by Crippen LogP contribution is 2.25. The van der Waals surface area contributed by atoms with E-state index in [0.717, 1.165) is 0 Å². The lowest BCUT2D eigenvalue weighted by Crippen LogP contribution is -2.35. The number of nitrogens with one attached hydrogen (secondary N) is 1. The van der Waals surface area contributed by atoms with Gasteiger partial charge >= 0.3 is 0 Å². The molecule has 21 heavy (non-hydrogen) atoms. The summed E-state index contributed by atoms with van der Waals surface area (Å²) in [5, 5.41) is 13.7. The predicted octanol–water partition coefficient (Wildman–Crippen LogP) is 1.77. The van der Waals surface area contributed by atoms with Crippen molar-refractivity contribution >= 4 is 35.0 Å². The summed E-state index contributed by atoms with van der Waals surface area (Å²) in [6.45, 7) is 1.25. The third kappa shape index (κ3) is 4.59. The van der Waals surface area contributed by atoms with E-state index in [4.69, 9.17) is 23.2 Å². The Bertz CT molecular complexity index is 531. The van der Waals surface area contributed by atoms with Gasteiger partial charge in [-0.3, -0.25) is 9.59 Å². The van der Waals surface area contributed by atoms with Crippen molar-refractivity contribution < 1.29 is 14.7 Å². The summed E-state index contributed by atoms with van der Waals surface area (Å²) >= 11 is 11.8. The molecule has 0 saturated carbocycles. The maximum atomic E-state index is 12.2. The minimum atomic E-state index is -0.972. The van der Waals surface area contributed by atoms with Crippen LogP contribution >= 0.6 is 23.2 Å². The number of hydrogen-bond acceptors (Lipinski definition) is 3. The third-order valence-corrected chi connectivity index (χ3v) is 3.74. The number of nitrogens with zero attached hydrogens (tertiary/aromatic N) is 1. The van der Waals surface area contributed by atoms with Crippen LogP contribution in [-0.2, 0) is 9.59 Å². The lowest BCUT2D eigenvalue weighted by Gasteiger charge is -2.21. The van der Waals surface area contributed by atoms with E-state index in [-0.39, 0.29) is 24.7 Å². The molecule has 7 heteroatoms. The van der Waals surface area contributed by atoms with E-state index < -0.39 is 6.10 Å². The van der Waals surface area contributed by atoms with Gasteiger partial charge in [-0.2, -0.15) is 0 Å². The molecule has 1 unspecified atom stereocenters. The molecule has 114 valence electrons. The number of aliphatic hydroxyl groups excluding tert-OH is 1. The zero-order valence-corrected chi connectivity index (χ0v) is 12.8. The van der Waals surface area contributed by atoms with Crippen molar-refractivity contribution in [3.05, 3.63) is 33.8 Å². The zero-order valence-electron chi connectivity index (χ0n) is 11.3. The average Bonchev–Trinajstić information content (AvgIpc) is 2.62. The first-order valence-corrected chi connectivity index (χ1v) is 7.40.